The Bertz CT molecular complexity index is 988. The summed E-state index contributed by atoms with van der Waals surface area (Å²) in [7, 11) is 0. The normalized spacial score (nSPS) is 16.2. The number of halogens is 4. The summed E-state index contributed by atoms with van der Waals surface area (Å²) in [5.41, 5.74) is -0.781. The van der Waals surface area contributed by atoms with Crippen LogP contribution < -0.4 is 0 Å². The molecule has 1 fully saturated rings. The highest BCUT2D eigenvalue weighted by molar-refractivity contribution is 7.09. The fraction of sp³-hybridized carbons (Fsp3) is 0.353. The van der Waals surface area contributed by atoms with Crippen LogP contribution in [-0.2, 0) is 6.18 Å². The summed E-state index contributed by atoms with van der Waals surface area (Å²) in [6.45, 7) is 0.634. The van der Waals surface area contributed by atoms with Gasteiger partial charge in [0.2, 0.25) is 5.95 Å². The van der Waals surface area contributed by atoms with Crippen molar-refractivity contribution in [2.75, 3.05) is 13.1 Å². The van der Waals surface area contributed by atoms with E-state index in [1.807, 2.05) is 0 Å². The largest absolute Gasteiger partial charge is 0.434 e. The molecule has 1 saturated heterocycles. The third kappa shape index (κ3) is 3.29. The number of carbonyl (C=O) groups excluding carboxylic acids is 1. The lowest BCUT2D eigenvalue weighted by Gasteiger charge is -2.30. The standard InChI is InChI=1S/C17H14F4N4OS/c18-14-13(23-12-3-1-2-6-25(12)14)16(26)24-7-4-10(5-8-24)15-22-11(9-27-15)17(19,20)21/h1-3,6,9-10H,4-5,7-8H2. The summed E-state index contributed by atoms with van der Waals surface area (Å²) < 4.78 is 53.7. The Labute approximate surface area is 155 Å². The van der Waals surface area contributed by atoms with Gasteiger partial charge in [0, 0.05) is 30.6 Å². The van der Waals surface area contributed by atoms with Gasteiger partial charge in [-0.25, -0.2) is 9.97 Å². The number of alkyl halides is 3. The van der Waals surface area contributed by atoms with Gasteiger partial charge in [0.05, 0.1) is 5.01 Å². The molecule has 3 aromatic rings. The minimum atomic E-state index is -4.45. The summed E-state index contributed by atoms with van der Waals surface area (Å²) in [6.07, 6.45) is -2.01. The lowest BCUT2D eigenvalue weighted by Crippen LogP contribution is -2.38. The van der Waals surface area contributed by atoms with E-state index in [1.165, 1.54) is 15.5 Å². The lowest BCUT2D eigenvalue weighted by molar-refractivity contribution is -0.140. The Morgan fingerprint density at radius 3 is 2.56 bits per heavy atom. The van der Waals surface area contributed by atoms with Crippen molar-refractivity contribution in [1.82, 2.24) is 19.3 Å². The Morgan fingerprint density at radius 2 is 1.93 bits per heavy atom. The van der Waals surface area contributed by atoms with Crippen molar-refractivity contribution in [3.8, 4) is 0 Å². The third-order valence-corrected chi connectivity index (χ3v) is 5.63. The monoisotopic (exact) mass is 398 g/mol. The summed E-state index contributed by atoms with van der Waals surface area (Å²) in [4.78, 5) is 21.8. The van der Waals surface area contributed by atoms with Gasteiger partial charge in [0.25, 0.3) is 5.91 Å². The molecule has 0 aliphatic carbocycles. The van der Waals surface area contributed by atoms with Gasteiger partial charge in [-0.1, -0.05) is 6.07 Å². The highest BCUT2D eigenvalue weighted by atomic mass is 32.1. The van der Waals surface area contributed by atoms with E-state index >= 15 is 0 Å². The van der Waals surface area contributed by atoms with Gasteiger partial charge in [0.1, 0.15) is 5.65 Å². The van der Waals surface area contributed by atoms with Crippen LogP contribution in [0.25, 0.3) is 5.65 Å². The lowest BCUT2D eigenvalue weighted by atomic mass is 9.97. The number of hydrogen-bond donors (Lipinski definition) is 0. The van der Waals surface area contributed by atoms with E-state index in [0.717, 1.165) is 16.7 Å². The molecular formula is C17H14F4N4OS. The predicted molar refractivity (Wildman–Crippen MR) is 90.1 cm³/mol. The number of rotatable bonds is 2. The van der Waals surface area contributed by atoms with Crippen molar-refractivity contribution < 1.29 is 22.4 Å². The van der Waals surface area contributed by atoms with Gasteiger partial charge in [0.15, 0.2) is 11.4 Å². The van der Waals surface area contributed by atoms with E-state index in [9.17, 15) is 22.4 Å². The zero-order chi connectivity index (χ0) is 19.2. The van der Waals surface area contributed by atoms with Crippen molar-refractivity contribution in [3.63, 3.8) is 0 Å². The second-order valence-corrected chi connectivity index (χ2v) is 7.20. The maximum Gasteiger partial charge on any atom is 0.434 e. The minimum Gasteiger partial charge on any atom is -0.337 e. The number of pyridine rings is 1. The van der Waals surface area contributed by atoms with Gasteiger partial charge >= 0.3 is 6.18 Å². The van der Waals surface area contributed by atoms with Crippen molar-refractivity contribution in [1.29, 1.82) is 0 Å². The summed E-state index contributed by atoms with van der Waals surface area (Å²) in [5.74, 6) is -1.36. The minimum absolute atomic E-state index is 0.138. The molecule has 1 amide bonds. The number of likely N-dealkylation sites (tertiary alicyclic amines) is 1. The van der Waals surface area contributed by atoms with E-state index in [0.29, 0.717) is 36.6 Å². The van der Waals surface area contributed by atoms with E-state index in [4.69, 9.17) is 0 Å². The highest BCUT2D eigenvalue weighted by Crippen LogP contribution is 2.35. The molecule has 4 heterocycles. The molecule has 10 heteroatoms. The third-order valence-electron chi connectivity index (χ3n) is 4.62. The molecule has 3 aromatic heterocycles. The molecule has 1 aliphatic rings. The van der Waals surface area contributed by atoms with Crippen LogP contribution in [0.2, 0.25) is 0 Å². The van der Waals surface area contributed by atoms with Crippen LogP contribution in [0.15, 0.2) is 29.8 Å². The van der Waals surface area contributed by atoms with Crippen LogP contribution in [0.5, 0.6) is 0 Å². The molecular weight excluding hydrogens is 384 g/mol. The van der Waals surface area contributed by atoms with Crippen molar-refractivity contribution >= 4 is 22.9 Å². The first-order valence-corrected chi connectivity index (χ1v) is 9.17. The van der Waals surface area contributed by atoms with E-state index in [-0.39, 0.29) is 11.6 Å². The van der Waals surface area contributed by atoms with Gasteiger partial charge in [-0.15, -0.1) is 11.3 Å². The van der Waals surface area contributed by atoms with Crippen molar-refractivity contribution in [3.05, 3.63) is 52.1 Å². The van der Waals surface area contributed by atoms with Gasteiger partial charge in [-0.2, -0.15) is 17.6 Å². The van der Waals surface area contributed by atoms with Crippen LogP contribution in [0.3, 0.4) is 0 Å². The van der Waals surface area contributed by atoms with Crippen LogP contribution in [0.4, 0.5) is 17.6 Å². The summed E-state index contributed by atoms with van der Waals surface area (Å²) in [6, 6.07) is 4.94. The second-order valence-electron chi connectivity index (χ2n) is 6.32. The van der Waals surface area contributed by atoms with Gasteiger partial charge in [-0.3, -0.25) is 9.20 Å². The molecule has 0 saturated carbocycles. The molecule has 0 radical (unpaired) electrons. The maximum atomic E-state index is 14.4. The quantitative estimate of drug-likeness (QED) is 0.614. The first kappa shape index (κ1) is 17.9. The Morgan fingerprint density at radius 1 is 1.19 bits per heavy atom. The van der Waals surface area contributed by atoms with Crippen LogP contribution >= 0.6 is 11.3 Å². The average Bonchev–Trinajstić information content (AvgIpc) is 3.27. The zero-order valence-electron chi connectivity index (χ0n) is 13.9. The molecule has 27 heavy (non-hydrogen) atoms. The maximum absolute atomic E-state index is 14.4. The molecule has 0 atom stereocenters. The Balaban J connectivity index is 1.46. The number of aromatic nitrogens is 3. The topological polar surface area (TPSA) is 50.5 Å². The molecule has 142 valence electrons. The SMILES string of the molecule is O=C(c1nc2ccccn2c1F)N1CCC(c2nc(C(F)(F)F)cs2)CC1. The first-order valence-electron chi connectivity index (χ1n) is 8.29. The molecule has 0 aromatic carbocycles. The van der Waals surface area contributed by atoms with Gasteiger partial charge in [-0.05, 0) is 25.0 Å². The fourth-order valence-corrected chi connectivity index (χ4v) is 4.18. The summed E-state index contributed by atoms with van der Waals surface area (Å²) >= 11 is 0.984. The van der Waals surface area contributed by atoms with E-state index < -0.39 is 23.7 Å². The van der Waals surface area contributed by atoms with Crippen LogP contribution in [-0.4, -0.2) is 38.3 Å². The van der Waals surface area contributed by atoms with Crippen LogP contribution in [0, 0.1) is 5.95 Å². The number of fused-ring (bicyclic) bond motifs is 1. The molecule has 0 bridgehead atoms. The molecule has 1 aliphatic heterocycles. The average molecular weight is 398 g/mol. The van der Waals surface area contributed by atoms with E-state index in [2.05, 4.69) is 9.97 Å². The molecule has 5 nitrogen and oxygen atoms in total. The highest BCUT2D eigenvalue weighted by Gasteiger charge is 2.35. The number of thiazole rings is 1. The Hall–Kier alpha value is -2.49. The number of nitrogens with zero attached hydrogens (tertiary/aromatic N) is 4. The number of imidazole rings is 1. The van der Waals surface area contributed by atoms with Crippen molar-refractivity contribution in [2.24, 2.45) is 0 Å². The number of carbonyl (C=O) groups is 1. The Kier molecular flexibility index (Phi) is 4.37. The van der Waals surface area contributed by atoms with E-state index in [1.54, 1.807) is 18.2 Å². The van der Waals surface area contributed by atoms with Gasteiger partial charge < -0.3 is 4.90 Å². The predicted octanol–water partition coefficient (Wildman–Crippen LogP) is 3.97. The molecule has 0 spiro atoms. The summed E-state index contributed by atoms with van der Waals surface area (Å²) in [5, 5.41) is 1.44. The number of piperidine rings is 1. The first-order chi connectivity index (χ1) is 12.8. The van der Waals surface area contributed by atoms with Crippen LogP contribution in [0.1, 0.15) is 39.9 Å². The second kappa shape index (κ2) is 6.59. The number of amides is 1. The fourth-order valence-electron chi connectivity index (χ4n) is 3.19. The molecule has 0 N–H and O–H groups in total. The molecule has 0 unspecified atom stereocenters. The van der Waals surface area contributed by atoms with Crippen molar-refractivity contribution in [2.45, 2.75) is 24.9 Å². The zero-order valence-corrected chi connectivity index (χ0v) is 14.7. The number of hydrogen-bond acceptors (Lipinski definition) is 4. The molecule has 4 rings (SSSR count). The smallest absolute Gasteiger partial charge is 0.337 e.